The summed E-state index contributed by atoms with van der Waals surface area (Å²) in [5, 5.41) is 11.2. The number of anilines is 1. The molecule has 0 bridgehead atoms. The number of halogens is 1. The van der Waals surface area contributed by atoms with Gasteiger partial charge in [-0.05, 0) is 30.9 Å². The summed E-state index contributed by atoms with van der Waals surface area (Å²) in [6.07, 6.45) is 2.08. The van der Waals surface area contributed by atoms with Crippen LogP contribution in [0.3, 0.4) is 0 Å². The van der Waals surface area contributed by atoms with Crippen LogP contribution in [-0.4, -0.2) is 23.0 Å². The molecule has 1 aliphatic carbocycles. The van der Waals surface area contributed by atoms with E-state index in [0.29, 0.717) is 5.92 Å². The zero-order valence-electron chi connectivity index (χ0n) is 10.2. The van der Waals surface area contributed by atoms with Crippen molar-refractivity contribution < 1.29 is 19.1 Å². The molecule has 1 aromatic carbocycles. The van der Waals surface area contributed by atoms with Crippen molar-refractivity contribution in [2.24, 2.45) is 11.7 Å². The highest BCUT2D eigenvalue weighted by Gasteiger charge is 2.30. The lowest BCUT2D eigenvalue weighted by Gasteiger charge is -2.12. The van der Waals surface area contributed by atoms with Gasteiger partial charge >= 0.3 is 5.97 Å². The fourth-order valence-electron chi connectivity index (χ4n) is 1.92. The van der Waals surface area contributed by atoms with Gasteiger partial charge in [-0.3, -0.25) is 4.79 Å². The number of carboxylic acids is 1. The molecule has 19 heavy (non-hydrogen) atoms. The predicted octanol–water partition coefficient (Wildman–Crippen LogP) is 1.59. The van der Waals surface area contributed by atoms with Gasteiger partial charge in [-0.25, -0.2) is 9.18 Å². The molecule has 1 saturated carbocycles. The van der Waals surface area contributed by atoms with Crippen molar-refractivity contribution in [2.45, 2.75) is 25.3 Å². The number of carboxylic acid groups (broad SMARTS) is 1. The molecule has 0 saturated heterocycles. The number of aromatic carboxylic acids is 1. The first-order chi connectivity index (χ1) is 8.99. The van der Waals surface area contributed by atoms with Crippen LogP contribution >= 0.6 is 0 Å². The number of amides is 1. The molecule has 5 nitrogen and oxygen atoms in total. The van der Waals surface area contributed by atoms with E-state index in [0.717, 1.165) is 18.9 Å². The van der Waals surface area contributed by atoms with Crippen LogP contribution in [0.2, 0.25) is 0 Å². The van der Waals surface area contributed by atoms with Gasteiger partial charge in [0.1, 0.15) is 5.82 Å². The number of carbonyl (C=O) groups is 2. The standard InChI is InChI=1S/C13H15FN2O3/c14-9-3-1-2-8(13(18)19)12(9)16-11(17)6-10(15)7-4-5-7/h1-3,7,10H,4-6,15H2,(H,16,17)(H,18,19). The third-order valence-electron chi connectivity index (χ3n) is 3.16. The Bertz CT molecular complexity index is 515. The lowest BCUT2D eigenvalue weighted by atomic mass is 10.1. The molecule has 1 atom stereocenters. The Morgan fingerprint density at radius 1 is 1.47 bits per heavy atom. The molecule has 102 valence electrons. The lowest BCUT2D eigenvalue weighted by molar-refractivity contribution is -0.116. The molecule has 6 heteroatoms. The average molecular weight is 266 g/mol. The van der Waals surface area contributed by atoms with E-state index in [-0.39, 0.29) is 23.7 Å². The SMILES string of the molecule is NC(CC(=O)Nc1c(F)cccc1C(=O)O)C1CC1. The minimum atomic E-state index is -1.29. The second kappa shape index (κ2) is 5.36. The molecule has 0 aliphatic heterocycles. The van der Waals surface area contributed by atoms with E-state index in [1.165, 1.54) is 12.1 Å². The molecule has 2 rings (SSSR count). The quantitative estimate of drug-likeness (QED) is 0.754. The van der Waals surface area contributed by atoms with Gasteiger partial charge < -0.3 is 16.2 Å². The van der Waals surface area contributed by atoms with Crippen LogP contribution in [0, 0.1) is 11.7 Å². The summed E-state index contributed by atoms with van der Waals surface area (Å²) in [5.41, 5.74) is 5.23. The van der Waals surface area contributed by atoms with Crippen LogP contribution in [0.25, 0.3) is 0 Å². The fraction of sp³-hybridized carbons (Fsp3) is 0.385. The molecule has 0 heterocycles. The molecular weight excluding hydrogens is 251 g/mol. The molecule has 1 fully saturated rings. The van der Waals surface area contributed by atoms with Crippen LogP contribution < -0.4 is 11.1 Å². The minimum absolute atomic E-state index is 0.0675. The maximum absolute atomic E-state index is 13.6. The number of rotatable bonds is 5. The zero-order chi connectivity index (χ0) is 14.0. The average Bonchev–Trinajstić information content (AvgIpc) is 3.15. The molecule has 0 aromatic heterocycles. The van der Waals surface area contributed by atoms with E-state index in [1.807, 2.05) is 0 Å². The maximum Gasteiger partial charge on any atom is 0.337 e. The first-order valence-electron chi connectivity index (χ1n) is 6.06. The number of para-hydroxylation sites is 1. The van der Waals surface area contributed by atoms with Crippen LogP contribution in [0.15, 0.2) is 18.2 Å². The van der Waals surface area contributed by atoms with Gasteiger partial charge in [-0.15, -0.1) is 0 Å². The van der Waals surface area contributed by atoms with Crippen LogP contribution in [0.1, 0.15) is 29.6 Å². The van der Waals surface area contributed by atoms with E-state index >= 15 is 0 Å². The molecule has 1 aliphatic rings. The van der Waals surface area contributed by atoms with E-state index in [9.17, 15) is 14.0 Å². The van der Waals surface area contributed by atoms with Gasteiger partial charge in [0.2, 0.25) is 5.91 Å². The normalized spacial score (nSPS) is 15.9. The van der Waals surface area contributed by atoms with Crippen LogP contribution in [0.5, 0.6) is 0 Å². The largest absolute Gasteiger partial charge is 0.478 e. The van der Waals surface area contributed by atoms with E-state index < -0.39 is 17.7 Å². The van der Waals surface area contributed by atoms with Crippen molar-refractivity contribution >= 4 is 17.6 Å². The lowest BCUT2D eigenvalue weighted by Crippen LogP contribution is -2.29. The van der Waals surface area contributed by atoms with Crippen molar-refractivity contribution in [1.29, 1.82) is 0 Å². The Labute approximate surface area is 109 Å². The van der Waals surface area contributed by atoms with Crippen molar-refractivity contribution in [2.75, 3.05) is 5.32 Å². The van der Waals surface area contributed by atoms with Gasteiger partial charge in [0, 0.05) is 12.5 Å². The molecule has 4 N–H and O–H groups in total. The molecule has 1 aromatic rings. The highest BCUT2D eigenvalue weighted by atomic mass is 19.1. The second-order valence-electron chi connectivity index (χ2n) is 4.72. The Morgan fingerprint density at radius 2 is 2.16 bits per heavy atom. The topological polar surface area (TPSA) is 92.4 Å². The number of nitrogens with one attached hydrogen (secondary N) is 1. The number of carbonyl (C=O) groups excluding carboxylic acids is 1. The third kappa shape index (κ3) is 3.29. The fourth-order valence-corrected chi connectivity index (χ4v) is 1.92. The highest BCUT2D eigenvalue weighted by molar-refractivity contribution is 6.00. The van der Waals surface area contributed by atoms with Crippen LogP contribution in [-0.2, 0) is 4.79 Å². The molecule has 1 amide bonds. The minimum Gasteiger partial charge on any atom is -0.478 e. The summed E-state index contributed by atoms with van der Waals surface area (Å²) >= 11 is 0. The summed E-state index contributed by atoms with van der Waals surface area (Å²) in [5.74, 6) is -2.17. The number of hydrogen-bond donors (Lipinski definition) is 3. The number of hydrogen-bond acceptors (Lipinski definition) is 3. The van der Waals surface area contributed by atoms with Gasteiger partial charge in [0.25, 0.3) is 0 Å². The van der Waals surface area contributed by atoms with Crippen molar-refractivity contribution in [3.05, 3.63) is 29.6 Å². The van der Waals surface area contributed by atoms with Gasteiger partial charge in [-0.1, -0.05) is 6.07 Å². The molecular formula is C13H15FN2O3. The Balaban J connectivity index is 2.09. The first-order valence-corrected chi connectivity index (χ1v) is 6.06. The van der Waals surface area contributed by atoms with Gasteiger partial charge in [0.05, 0.1) is 11.3 Å². The van der Waals surface area contributed by atoms with Crippen molar-refractivity contribution in [3.8, 4) is 0 Å². The van der Waals surface area contributed by atoms with E-state index in [4.69, 9.17) is 10.8 Å². The predicted molar refractivity (Wildman–Crippen MR) is 67.3 cm³/mol. The summed E-state index contributed by atoms with van der Waals surface area (Å²) in [4.78, 5) is 22.7. The number of nitrogens with two attached hydrogens (primary N) is 1. The zero-order valence-corrected chi connectivity index (χ0v) is 10.2. The highest BCUT2D eigenvalue weighted by Crippen LogP contribution is 2.33. The summed E-state index contributed by atoms with van der Waals surface area (Å²) in [6, 6.07) is 3.37. The monoisotopic (exact) mass is 266 g/mol. The second-order valence-corrected chi connectivity index (χ2v) is 4.72. The Hall–Kier alpha value is -1.95. The molecule has 0 spiro atoms. The molecule has 0 radical (unpaired) electrons. The van der Waals surface area contributed by atoms with Crippen molar-refractivity contribution in [3.63, 3.8) is 0 Å². The Morgan fingerprint density at radius 3 is 2.74 bits per heavy atom. The smallest absolute Gasteiger partial charge is 0.337 e. The molecule has 1 unspecified atom stereocenters. The Kier molecular flexibility index (Phi) is 3.80. The first kappa shape index (κ1) is 13.5. The summed E-state index contributed by atoms with van der Waals surface area (Å²) in [6.45, 7) is 0. The summed E-state index contributed by atoms with van der Waals surface area (Å²) < 4.78 is 13.6. The van der Waals surface area contributed by atoms with Crippen LogP contribution in [0.4, 0.5) is 10.1 Å². The van der Waals surface area contributed by atoms with E-state index in [2.05, 4.69) is 5.32 Å². The number of benzene rings is 1. The van der Waals surface area contributed by atoms with Crippen molar-refractivity contribution in [1.82, 2.24) is 0 Å². The van der Waals surface area contributed by atoms with Gasteiger partial charge in [0.15, 0.2) is 0 Å². The van der Waals surface area contributed by atoms with Gasteiger partial charge in [-0.2, -0.15) is 0 Å². The summed E-state index contributed by atoms with van der Waals surface area (Å²) in [7, 11) is 0. The van der Waals surface area contributed by atoms with E-state index in [1.54, 1.807) is 0 Å². The maximum atomic E-state index is 13.6. The third-order valence-corrected chi connectivity index (χ3v) is 3.16.